The van der Waals surface area contributed by atoms with Crippen LogP contribution in [-0.2, 0) is 4.79 Å². The number of benzene rings is 2. The van der Waals surface area contributed by atoms with Gasteiger partial charge in [0.2, 0.25) is 5.91 Å². The van der Waals surface area contributed by atoms with Crippen LogP contribution in [0.25, 0.3) is 6.08 Å². The van der Waals surface area contributed by atoms with E-state index in [2.05, 4.69) is 32.2 Å². The predicted octanol–water partition coefficient (Wildman–Crippen LogP) is 5.56. The number of amides is 1. The zero-order valence-corrected chi connectivity index (χ0v) is 15.5. The van der Waals surface area contributed by atoms with Crippen LogP contribution in [0, 0.1) is 6.92 Å². The molecule has 0 heterocycles. The highest BCUT2D eigenvalue weighted by molar-refractivity contribution is 6.02. The van der Waals surface area contributed by atoms with Crippen molar-refractivity contribution in [3.8, 4) is 5.75 Å². The summed E-state index contributed by atoms with van der Waals surface area (Å²) in [5.41, 5.74) is 4.10. The second-order valence-electron chi connectivity index (χ2n) is 6.43. The molecule has 0 aliphatic heterocycles. The minimum absolute atomic E-state index is 0.123. The van der Waals surface area contributed by atoms with E-state index >= 15 is 0 Å². The molecule has 2 aromatic rings. The van der Waals surface area contributed by atoms with Gasteiger partial charge in [0.25, 0.3) is 0 Å². The first-order chi connectivity index (χ1) is 12.0. The summed E-state index contributed by atoms with van der Waals surface area (Å²) in [5.74, 6) is 1.09. The average molecular weight is 337 g/mol. The summed E-state index contributed by atoms with van der Waals surface area (Å²) in [6, 6.07) is 13.8. The Morgan fingerprint density at radius 2 is 1.88 bits per heavy atom. The molecule has 2 aromatic carbocycles. The SMILES string of the molecule is CCCOc1ccc(/C=C/C(=O)Nc2c(C)cccc2C(C)C)cc1. The van der Waals surface area contributed by atoms with E-state index in [9.17, 15) is 4.79 Å². The lowest BCUT2D eigenvalue weighted by Crippen LogP contribution is -2.11. The normalized spacial score (nSPS) is 11.1. The van der Waals surface area contributed by atoms with Crippen molar-refractivity contribution in [2.75, 3.05) is 11.9 Å². The summed E-state index contributed by atoms with van der Waals surface area (Å²) in [6.07, 6.45) is 4.36. The fourth-order valence-electron chi connectivity index (χ4n) is 2.57. The number of carbonyl (C=O) groups is 1. The van der Waals surface area contributed by atoms with Gasteiger partial charge in [-0.15, -0.1) is 0 Å². The quantitative estimate of drug-likeness (QED) is 0.672. The first kappa shape index (κ1) is 18.8. The second kappa shape index (κ2) is 9.07. The standard InChI is InChI=1S/C22H27NO2/c1-5-15-25-19-12-9-18(10-13-19)11-14-21(24)23-22-17(4)7-6-8-20(22)16(2)3/h6-14,16H,5,15H2,1-4H3,(H,23,24)/b14-11+. The van der Waals surface area contributed by atoms with Crippen LogP contribution in [0.5, 0.6) is 5.75 Å². The Morgan fingerprint density at radius 3 is 2.52 bits per heavy atom. The molecule has 3 heteroatoms. The Labute approximate surface area is 150 Å². The van der Waals surface area contributed by atoms with E-state index in [0.717, 1.165) is 34.5 Å². The lowest BCUT2D eigenvalue weighted by atomic mass is 9.98. The van der Waals surface area contributed by atoms with Gasteiger partial charge in [0, 0.05) is 11.8 Å². The van der Waals surface area contributed by atoms with Crippen molar-refractivity contribution in [1.29, 1.82) is 0 Å². The van der Waals surface area contributed by atoms with Crippen LogP contribution in [0.1, 0.15) is 49.8 Å². The molecule has 2 rings (SSSR count). The average Bonchev–Trinajstić information content (AvgIpc) is 2.60. The number of anilines is 1. The van der Waals surface area contributed by atoms with E-state index in [-0.39, 0.29) is 5.91 Å². The topological polar surface area (TPSA) is 38.3 Å². The zero-order chi connectivity index (χ0) is 18.2. The van der Waals surface area contributed by atoms with Crippen molar-refractivity contribution in [2.24, 2.45) is 0 Å². The van der Waals surface area contributed by atoms with Crippen molar-refractivity contribution >= 4 is 17.7 Å². The monoisotopic (exact) mass is 337 g/mol. The van der Waals surface area contributed by atoms with Gasteiger partial charge in [0.15, 0.2) is 0 Å². The van der Waals surface area contributed by atoms with Gasteiger partial charge in [-0.3, -0.25) is 4.79 Å². The third kappa shape index (κ3) is 5.49. The maximum Gasteiger partial charge on any atom is 0.248 e. The van der Waals surface area contributed by atoms with E-state index in [1.165, 1.54) is 0 Å². The van der Waals surface area contributed by atoms with Gasteiger partial charge >= 0.3 is 0 Å². The highest BCUT2D eigenvalue weighted by Gasteiger charge is 2.10. The lowest BCUT2D eigenvalue weighted by Gasteiger charge is -2.15. The van der Waals surface area contributed by atoms with Gasteiger partial charge in [0.1, 0.15) is 5.75 Å². The predicted molar refractivity (Wildman–Crippen MR) is 105 cm³/mol. The van der Waals surface area contributed by atoms with E-state index in [1.54, 1.807) is 6.08 Å². The van der Waals surface area contributed by atoms with E-state index < -0.39 is 0 Å². The summed E-state index contributed by atoms with van der Waals surface area (Å²) in [5, 5.41) is 3.02. The fourth-order valence-corrected chi connectivity index (χ4v) is 2.57. The lowest BCUT2D eigenvalue weighted by molar-refractivity contribution is -0.111. The van der Waals surface area contributed by atoms with Gasteiger partial charge in [-0.05, 0) is 54.2 Å². The second-order valence-corrected chi connectivity index (χ2v) is 6.43. The van der Waals surface area contributed by atoms with Crippen LogP contribution in [0.4, 0.5) is 5.69 Å². The largest absolute Gasteiger partial charge is 0.494 e. The number of hydrogen-bond acceptors (Lipinski definition) is 2. The Kier molecular flexibility index (Phi) is 6.81. The van der Waals surface area contributed by atoms with Gasteiger partial charge < -0.3 is 10.1 Å². The first-order valence-corrected chi connectivity index (χ1v) is 8.82. The Hall–Kier alpha value is -2.55. The Bertz CT molecular complexity index is 730. The van der Waals surface area contributed by atoms with Crippen molar-refractivity contribution in [1.82, 2.24) is 0 Å². The molecular formula is C22H27NO2. The zero-order valence-electron chi connectivity index (χ0n) is 15.5. The van der Waals surface area contributed by atoms with Crippen LogP contribution in [-0.4, -0.2) is 12.5 Å². The molecule has 0 unspecified atom stereocenters. The van der Waals surface area contributed by atoms with E-state index in [1.807, 2.05) is 49.4 Å². The third-order valence-corrected chi connectivity index (χ3v) is 3.96. The first-order valence-electron chi connectivity index (χ1n) is 8.82. The molecule has 1 N–H and O–H groups in total. The van der Waals surface area contributed by atoms with E-state index in [0.29, 0.717) is 12.5 Å². The molecule has 0 atom stereocenters. The molecule has 0 aromatic heterocycles. The van der Waals surface area contributed by atoms with Gasteiger partial charge in [-0.25, -0.2) is 0 Å². The molecule has 0 spiro atoms. The molecule has 0 aliphatic carbocycles. The van der Waals surface area contributed by atoms with Crippen molar-refractivity contribution in [2.45, 2.75) is 40.0 Å². The number of carbonyl (C=O) groups excluding carboxylic acids is 1. The van der Waals surface area contributed by atoms with Crippen LogP contribution in [0.2, 0.25) is 0 Å². The highest BCUT2D eigenvalue weighted by atomic mass is 16.5. The van der Waals surface area contributed by atoms with Crippen molar-refractivity contribution in [3.05, 3.63) is 65.2 Å². The number of para-hydroxylation sites is 1. The number of nitrogens with one attached hydrogen (secondary N) is 1. The minimum Gasteiger partial charge on any atom is -0.494 e. The molecule has 0 fully saturated rings. The third-order valence-electron chi connectivity index (χ3n) is 3.96. The molecule has 132 valence electrons. The smallest absolute Gasteiger partial charge is 0.248 e. The number of ether oxygens (including phenoxy) is 1. The van der Waals surface area contributed by atoms with Crippen LogP contribution < -0.4 is 10.1 Å². The summed E-state index contributed by atoms with van der Waals surface area (Å²) in [4.78, 5) is 12.3. The Morgan fingerprint density at radius 1 is 1.16 bits per heavy atom. The summed E-state index contributed by atoms with van der Waals surface area (Å²) >= 11 is 0. The minimum atomic E-state index is -0.123. The molecule has 0 aliphatic rings. The van der Waals surface area contributed by atoms with Crippen molar-refractivity contribution < 1.29 is 9.53 Å². The summed E-state index contributed by atoms with van der Waals surface area (Å²) < 4.78 is 5.56. The van der Waals surface area contributed by atoms with Crippen molar-refractivity contribution in [3.63, 3.8) is 0 Å². The molecule has 1 amide bonds. The molecule has 0 radical (unpaired) electrons. The van der Waals surface area contributed by atoms with Gasteiger partial charge in [0.05, 0.1) is 6.61 Å². The molecule has 0 saturated heterocycles. The molecular weight excluding hydrogens is 310 g/mol. The fraction of sp³-hybridized carbons (Fsp3) is 0.318. The van der Waals surface area contributed by atoms with Gasteiger partial charge in [-0.2, -0.15) is 0 Å². The number of rotatable bonds is 7. The molecule has 25 heavy (non-hydrogen) atoms. The number of aryl methyl sites for hydroxylation is 1. The van der Waals surface area contributed by atoms with Crippen LogP contribution >= 0.6 is 0 Å². The summed E-state index contributed by atoms with van der Waals surface area (Å²) in [6.45, 7) is 9.06. The van der Waals surface area contributed by atoms with Crippen LogP contribution in [0.15, 0.2) is 48.5 Å². The molecule has 0 saturated carbocycles. The molecule has 0 bridgehead atoms. The summed E-state index contributed by atoms with van der Waals surface area (Å²) in [7, 11) is 0. The molecule has 3 nitrogen and oxygen atoms in total. The van der Waals surface area contributed by atoms with E-state index in [4.69, 9.17) is 4.74 Å². The highest BCUT2D eigenvalue weighted by Crippen LogP contribution is 2.27. The maximum atomic E-state index is 12.3. The number of hydrogen-bond donors (Lipinski definition) is 1. The van der Waals surface area contributed by atoms with Crippen LogP contribution in [0.3, 0.4) is 0 Å². The van der Waals surface area contributed by atoms with Gasteiger partial charge in [-0.1, -0.05) is 51.1 Å². The maximum absolute atomic E-state index is 12.3. The Balaban J connectivity index is 2.04.